The maximum Gasteiger partial charge on any atom is 0.0343 e. The average Bonchev–Trinajstić information content (AvgIpc) is 2.18. The van der Waals surface area contributed by atoms with E-state index in [0.717, 1.165) is 11.4 Å². The Morgan fingerprint density at radius 1 is 1.29 bits per heavy atom. The summed E-state index contributed by atoms with van der Waals surface area (Å²) in [5, 5.41) is 3.45. The Balaban J connectivity index is 2.39. The van der Waals surface area contributed by atoms with Crippen molar-refractivity contribution in [2.45, 2.75) is 39.2 Å². The van der Waals surface area contributed by atoms with Crippen molar-refractivity contribution < 1.29 is 0 Å². The number of nitrogens with two attached hydrogens (primary N) is 1. The van der Waals surface area contributed by atoms with E-state index in [1.807, 2.05) is 24.3 Å². The highest BCUT2D eigenvalue weighted by atomic mass is 14.9. The lowest BCUT2D eigenvalue weighted by atomic mass is 10.1. The molecule has 14 heavy (non-hydrogen) atoms. The molecule has 1 rings (SSSR count). The van der Waals surface area contributed by atoms with Gasteiger partial charge in [-0.2, -0.15) is 0 Å². The minimum Gasteiger partial charge on any atom is -0.399 e. The minimum atomic E-state index is 0.540. The largest absolute Gasteiger partial charge is 0.399 e. The summed E-state index contributed by atoms with van der Waals surface area (Å²) in [6, 6.07) is 8.44. The van der Waals surface area contributed by atoms with Gasteiger partial charge in [0.1, 0.15) is 0 Å². The summed E-state index contributed by atoms with van der Waals surface area (Å²) in [5.41, 5.74) is 7.58. The molecule has 0 aromatic heterocycles. The van der Waals surface area contributed by atoms with E-state index in [2.05, 4.69) is 19.2 Å². The molecule has 0 spiro atoms. The molecule has 1 aromatic carbocycles. The molecule has 3 N–H and O–H groups in total. The fourth-order valence-electron chi connectivity index (χ4n) is 1.45. The molecule has 0 aliphatic heterocycles. The van der Waals surface area contributed by atoms with E-state index >= 15 is 0 Å². The van der Waals surface area contributed by atoms with E-state index in [1.54, 1.807) is 0 Å². The Morgan fingerprint density at radius 3 is 2.50 bits per heavy atom. The molecular formula is C12H20N2. The van der Waals surface area contributed by atoms with Gasteiger partial charge < -0.3 is 11.1 Å². The molecule has 1 atom stereocenters. The Bertz CT molecular complexity index is 254. The average molecular weight is 192 g/mol. The molecule has 0 bridgehead atoms. The van der Waals surface area contributed by atoms with Crippen molar-refractivity contribution >= 4 is 11.4 Å². The molecule has 1 unspecified atom stereocenters. The van der Waals surface area contributed by atoms with Gasteiger partial charge in [0.25, 0.3) is 0 Å². The smallest absolute Gasteiger partial charge is 0.0343 e. The zero-order valence-corrected chi connectivity index (χ0v) is 9.09. The number of unbranched alkanes of at least 4 members (excludes halogenated alkanes) is 1. The molecule has 78 valence electrons. The summed E-state index contributed by atoms with van der Waals surface area (Å²) < 4.78 is 0. The number of benzene rings is 1. The first-order valence-electron chi connectivity index (χ1n) is 5.34. The molecule has 0 aliphatic rings. The van der Waals surface area contributed by atoms with Crippen LogP contribution in [0.25, 0.3) is 0 Å². The SMILES string of the molecule is CCCCC(C)Nc1ccc(N)cc1. The molecule has 0 amide bonds. The van der Waals surface area contributed by atoms with Gasteiger partial charge in [-0.05, 0) is 37.6 Å². The highest BCUT2D eigenvalue weighted by Gasteiger charge is 2.00. The van der Waals surface area contributed by atoms with Crippen LogP contribution < -0.4 is 11.1 Å². The Morgan fingerprint density at radius 2 is 1.93 bits per heavy atom. The number of hydrogen-bond acceptors (Lipinski definition) is 2. The van der Waals surface area contributed by atoms with E-state index in [9.17, 15) is 0 Å². The van der Waals surface area contributed by atoms with E-state index < -0.39 is 0 Å². The Hall–Kier alpha value is -1.18. The molecule has 0 saturated heterocycles. The van der Waals surface area contributed by atoms with Crippen molar-refractivity contribution in [3.05, 3.63) is 24.3 Å². The second kappa shape index (κ2) is 5.53. The topological polar surface area (TPSA) is 38.0 Å². The number of hydrogen-bond donors (Lipinski definition) is 2. The van der Waals surface area contributed by atoms with Gasteiger partial charge in [0.15, 0.2) is 0 Å². The first-order valence-corrected chi connectivity index (χ1v) is 5.34. The normalized spacial score (nSPS) is 12.4. The minimum absolute atomic E-state index is 0.540. The third-order valence-electron chi connectivity index (χ3n) is 2.31. The summed E-state index contributed by atoms with van der Waals surface area (Å²) in [6.07, 6.45) is 3.76. The van der Waals surface area contributed by atoms with Gasteiger partial charge in [-0.1, -0.05) is 19.8 Å². The quantitative estimate of drug-likeness (QED) is 0.703. The molecule has 2 heteroatoms. The van der Waals surface area contributed by atoms with Crippen LogP contribution in [0.4, 0.5) is 11.4 Å². The Labute approximate surface area is 86.5 Å². The van der Waals surface area contributed by atoms with Gasteiger partial charge in [-0.3, -0.25) is 0 Å². The highest BCUT2D eigenvalue weighted by Crippen LogP contribution is 2.13. The third kappa shape index (κ3) is 3.69. The molecular weight excluding hydrogens is 172 g/mol. The van der Waals surface area contributed by atoms with Crippen molar-refractivity contribution in [2.24, 2.45) is 0 Å². The van der Waals surface area contributed by atoms with E-state index in [0.29, 0.717) is 6.04 Å². The zero-order valence-electron chi connectivity index (χ0n) is 9.09. The van der Waals surface area contributed by atoms with Crippen LogP contribution in [0.3, 0.4) is 0 Å². The fourth-order valence-corrected chi connectivity index (χ4v) is 1.45. The lowest BCUT2D eigenvalue weighted by Gasteiger charge is -2.14. The van der Waals surface area contributed by atoms with Crippen molar-refractivity contribution in [1.82, 2.24) is 0 Å². The Kier molecular flexibility index (Phi) is 4.30. The van der Waals surface area contributed by atoms with Gasteiger partial charge >= 0.3 is 0 Å². The summed E-state index contributed by atoms with van der Waals surface area (Å²) in [6.45, 7) is 4.43. The summed E-state index contributed by atoms with van der Waals surface area (Å²) in [5.74, 6) is 0. The van der Waals surface area contributed by atoms with Crippen LogP contribution in [0.5, 0.6) is 0 Å². The van der Waals surface area contributed by atoms with Gasteiger partial charge in [0.2, 0.25) is 0 Å². The lowest BCUT2D eigenvalue weighted by molar-refractivity contribution is 0.645. The van der Waals surface area contributed by atoms with E-state index in [-0.39, 0.29) is 0 Å². The van der Waals surface area contributed by atoms with E-state index in [1.165, 1.54) is 19.3 Å². The number of nitrogens with one attached hydrogen (secondary N) is 1. The predicted octanol–water partition coefficient (Wildman–Crippen LogP) is 3.26. The third-order valence-corrected chi connectivity index (χ3v) is 2.31. The summed E-state index contributed by atoms with van der Waals surface area (Å²) >= 11 is 0. The van der Waals surface area contributed by atoms with Gasteiger partial charge in [-0.25, -0.2) is 0 Å². The fraction of sp³-hybridized carbons (Fsp3) is 0.500. The highest BCUT2D eigenvalue weighted by molar-refractivity contribution is 5.51. The number of nitrogen functional groups attached to an aromatic ring is 1. The van der Waals surface area contributed by atoms with Crippen LogP contribution in [0.15, 0.2) is 24.3 Å². The molecule has 0 aliphatic carbocycles. The van der Waals surface area contributed by atoms with Crippen LogP contribution in [-0.4, -0.2) is 6.04 Å². The van der Waals surface area contributed by atoms with E-state index in [4.69, 9.17) is 5.73 Å². The van der Waals surface area contributed by atoms with Gasteiger partial charge in [-0.15, -0.1) is 0 Å². The van der Waals surface area contributed by atoms with Crippen LogP contribution in [-0.2, 0) is 0 Å². The maximum absolute atomic E-state index is 5.61. The van der Waals surface area contributed by atoms with Crippen molar-refractivity contribution in [2.75, 3.05) is 11.1 Å². The molecule has 2 nitrogen and oxygen atoms in total. The van der Waals surface area contributed by atoms with Crippen LogP contribution in [0, 0.1) is 0 Å². The maximum atomic E-state index is 5.61. The lowest BCUT2D eigenvalue weighted by Crippen LogP contribution is -2.14. The van der Waals surface area contributed by atoms with Crippen molar-refractivity contribution in [1.29, 1.82) is 0 Å². The van der Waals surface area contributed by atoms with Gasteiger partial charge in [0, 0.05) is 17.4 Å². The summed E-state index contributed by atoms with van der Waals surface area (Å²) in [4.78, 5) is 0. The molecule has 1 aromatic rings. The zero-order chi connectivity index (χ0) is 10.4. The van der Waals surface area contributed by atoms with Gasteiger partial charge in [0.05, 0.1) is 0 Å². The molecule has 0 radical (unpaired) electrons. The monoisotopic (exact) mass is 192 g/mol. The predicted molar refractivity (Wildman–Crippen MR) is 63.5 cm³/mol. The second-order valence-corrected chi connectivity index (χ2v) is 3.81. The van der Waals surface area contributed by atoms with Crippen molar-refractivity contribution in [3.63, 3.8) is 0 Å². The molecule has 0 fully saturated rings. The molecule has 0 heterocycles. The van der Waals surface area contributed by atoms with Crippen LogP contribution in [0.2, 0.25) is 0 Å². The number of anilines is 2. The first kappa shape index (κ1) is 10.9. The van der Waals surface area contributed by atoms with Crippen LogP contribution >= 0.6 is 0 Å². The van der Waals surface area contributed by atoms with Crippen LogP contribution in [0.1, 0.15) is 33.1 Å². The van der Waals surface area contributed by atoms with Crippen molar-refractivity contribution in [3.8, 4) is 0 Å². The number of rotatable bonds is 5. The first-order chi connectivity index (χ1) is 6.72. The molecule has 0 saturated carbocycles. The second-order valence-electron chi connectivity index (χ2n) is 3.81. The standard InChI is InChI=1S/C12H20N2/c1-3-4-5-10(2)14-12-8-6-11(13)7-9-12/h6-10,14H,3-5,13H2,1-2H3. The summed E-state index contributed by atoms with van der Waals surface area (Å²) in [7, 11) is 0.